The van der Waals surface area contributed by atoms with Crippen LogP contribution in [-0.4, -0.2) is 33.2 Å². The third kappa shape index (κ3) is 3.28. The van der Waals surface area contributed by atoms with E-state index < -0.39 is 0 Å². The number of carbonyl (C=O) groups is 1. The molecule has 5 nitrogen and oxygen atoms in total. The molecule has 1 aliphatic heterocycles. The first-order chi connectivity index (χ1) is 13.0. The Labute approximate surface area is 160 Å². The second-order valence-electron chi connectivity index (χ2n) is 7.85. The summed E-state index contributed by atoms with van der Waals surface area (Å²) in [6, 6.07) is 16.0. The van der Waals surface area contributed by atoms with E-state index in [1.165, 1.54) is 5.56 Å². The summed E-state index contributed by atoms with van der Waals surface area (Å²) in [5, 5.41) is 3.07. The molecule has 2 aromatic rings. The van der Waals surface area contributed by atoms with Gasteiger partial charge in [-0.15, -0.1) is 0 Å². The molecule has 1 unspecified atom stereocenters. The Morgan fingerprint density at radius 2 is 2.00 bits per heavy atom. The third-order valence-electron chi connectivity index (χ3n) is 5.95. The van der Waals surface area contributed by atoms with Crippen LogP contribution in [0.5, 0.6) is 5.75 Å². The number of para-hydroxylation sites is 1. The fourth-order valence-corrected chi connectivity index (χ4v) is 4.18. The lowest BCUT2D eigenvalue weighted by Crippen LogP contribution is -2.35. The van der Waals surface area contributed by atoms with Crippen molar-refractivity contribution in [3.05, 3.63) is 59.7 Å². The monoisotopic (exact) mass is 365 g/mol. The second-order valence-corrected chi connectivity index (χ2v) is 7.85. The third-order valence-corrected chi connectivity index (χ3v) is 5.95. The molecule has 1 spiro atoms. The van der Waals surface area contributed by atoms with E-state index in [0.717, 1.165) is 29.8 Å². The summed E-state index contributed by atoms with van der Waals surface area (Å²) in [5.74, 6) is 1.05. The molecule has 1 aliphatic carbocycles. The molecular weight excluding hydrogens is 338 g/mol. The lowest BCUT2D eigenvalue weighted by molar-refractivity contribution is -0.122. The van der Waals surface area contributed by atoms with Crippen LogP contribution in [0.3, 0.4) is 0 Å². The summed E-state index contributed by atoms with van der Waals surface area (Å²) < 4.78 is 5.75. The van der Waals surface area contributed by atoms with Crippen LogP contribution in [0.4, 0.5) is 5.69 Å². The molecule has 3 atom stereocenters. The molecule has 1 heterocycles. The Bertz CT molecular complexity index is 834. The van der Waals surface area contributed by atoms with Crippen molar-refractivity contribution in [1.82, 2.24) is 5.32 Å². The second kappa shape index (κ2) is 6.89. The molecule has 0 saturated heterocycles. The molecule has 0 radical (unpaired) electrons. The van der Waals surface area contributed by atoms with E-state index in [2.05, 4.69) is 16.3 Å². The van der Waals surface area contributed by atoms with Crippen LogP contribution in [0.25, 0.3) is 0 Å². The van der Waals surface area contributed by atoms with Gasteiger partial charge in [0.15, 0.2) is 0 Å². The Balaban J connectivity index is 1.37. The quantitative estimate of drug-likeness (QED) is 0.855. The maximum Gasteiger partial charge on any atom is 0.224 e. The van der Waals surface area contributed by atoms with E-state index in [1.807, 2.05) is 56.6 Å². The number of nitrogens with two attached hydrogens (primary N) is 1. The van der Waals surface area contributed by atoms with Gasteiger partial charge in [-0.3, -0.25) is 4.79 Å². The van der Waals surface area contributed by atoms with Crippen molar-refractivity contribution in [3.63, 3.8) is 0 Å². The molecule has 5 heteroatoms. The van der Waals surface area contributed by atoms with Gasteiger partial charge in [0.25, 0.3) is 0 Å². The number of nitrogens with zero attached hydrogens (tertiary/aromatic N) is 1. The van der Waals surface area contributed by atoms with Crippen LogP contribution in [0.2, 0.25) is 0 Å². The Morgan fingerprint density at radius 3 is 2.74 bits per heavy atom. The Hall–Kier alpha value is -2.53. The predicted molar refractivity (Wildman–Crippen MR) is 107 cm³/mol. The highest BCUT2D eigenvalue weighted by Crippen LogP contribution is 2.60. The number of ether oxygens (including phenoxy) is 1. The predicted octanol–water partition coefficient (Wildman–Crippen LogP) is 2.61. The van der Waals surface area contributed by atoms with Crippen molar-refractivity contribution in [1.29, 1.82) is 0 Å². The molecule has 1 saturated carbocycles. The minimum absolute atomic E-state index is 0.0193. The van der Waals surface area contributed by atoms with E-state index >= 15 is 0 Å². The molecule has 142 valence electrons. The number of nitrogens with one attached hydrogen (secondary N) is 1. The van der Waals surface area contributed by atoms with Gasteiger partial charge in [-0.2, -0.15) is 0 Å². The molecule has 0 aromatic heterocycles. The number of anilines is 1. The van der Waals surface area contributed by atoms with Crippen molar-refractivity contribution in [2.75, 3.05) is 32.1 Å². The standard InChI is InChI=1S/C22H27N3O2/c1-25(2)16-9-7-15(8-10-16)19(23)14-24-21(26)18-13-22(18)11-12-27-20-6-4-3-5-17(20)22/h3-10,18-19H,11-14,23H2,1-2H3,(H,24,26)/t18-,19?,22-/m0/s1. The highest BCUT2D eigenvalue weighted by Gasteiger charge is 2.60. The van der Waals surface area contributed by atoms with E-state index in [0.29, 0.717) is 13.2 Å². The molecule has 4 rings (SSSR count). The van der Waals surface area contributed by atoms with Gasteiger partial charge in [-0.05, 0) is 36.6 Å². The molecule has 27 heavy (non-hydrogen) atoms. The van der Waals surface area contributed by atoms with Gasteiger partial charge in [0.2, 0.25) is 5.91 Å². The first-order valence-corrected chi connectivity index (χ1v) is 9.54. The fourth-order valence-electron chi connectivity index (χ4n) is 4.18. The maximum atomic E-state index is 12.8. The number of benzene rings is 2. The summed E-state index contributed by atoms with van der Waals surface area (Å²) in [7, 11) is 4.02. The van der Waals surface area contributed by atoms with Crippen LogP contribution >= 0.6 is 0 Å². The highest BCUT2D eigenvalue weighted by atomic mass is 16.5. The van der Waals surface area contributed by atoms with Crippen molar-refractivity contribution in [2.24, 2.45) is 11.7 Å². The number of carbonyl (C=O) groups excluding carboxylic acids is 1. The summed E-state index contributed by atoms with van der Waals surface area (Å²) in [6.07, 6.45) is 1.80. The van der Waals surface area contributed by atoms with Crippen molar-refractivity contribution in [3.8, 4) is 5.75 Å². The molecule has 3 N–H and O–H groups in total. The summed E-state index contributed by atoms with van der Waals surface area (Å²) >= 11 is 0. The normalized spacial score (nSPS) is 23.9. The number of rotatable bonds is 5. The van der Waals surface area contributed by atoms with Crippen LogP contribution < -0.4 is 20.7 Å². The van der Waals surface area contributed by atoms with E-state index in [4.69, 9.17) is 10.5 Å². The smallest absolute Gasteiger partial charge is 0.224 e. The minimum Gasteiger partial charge on any atom is -0.493 e. The molecule has 0 bridgehead atoms. The average Bonchev–Trinajstić information content (AvgIpc) is 3.41. The van der Waals surface area contributed by atoms with Crippen molar-refractivity contribution >= 4 is 11.6 Å². The van der Waals surface area contributed by atoms with Gasteiger partial charge in [-0.25, -0.2) is 0 Å². The molecule has 1 fully saturated rings. The van der Waals surface area contributed by atoms with Gasteiger partial charge in [0.05, 0.1) is 6.61 Å². The topological polar surface area (TPSA) is 67.6 Å². The lowest BCUT2D eigenvalue weighted by atomic mass is 9.87. The first kappa shape index (κ1) is 17.9. The Morgan fingerprint density at radius 1 is 1.26 bits per heavy atom. The van der Waals surface area contributed by atoms with Gasteiger partial charge in [0, 0.05) is 49.3 Å². The van der Waals surface area contributed by atoms with Gasteiger partial charge < -0.3 is 20.7 Å². The van der Waals surface area contributed by atoms with E-state index in [1.54, 1.807) is 0 Å². The largest absolute Gasteiger partial charge is 0.493 e. The maximum absolute atomic E-state index is 12.8. The molecular formula is C22H27N3O2. The molecule has 1 amide bonds. The number of hydrogen-bond acceptors (Lipinski definition) is 4. The summed E-state index contributed by atoms with van der Waals surface area (Å²) in [5.41, 5.74) is 9.59. The van der Waals surface area contributed by atoms with Crippen LogP contribution in [0.15, 0.2) is 48.5 Å². The number of fused-ring (bicyclic) bond motifs is 2. The van der Waals surface area contributed by atoms with E-state index in [-0.39, 0.29) is 23.3 Å². The highest BCUT2D eigenvalue weighted by molar-refractivity contribution is 5.85. The Kier molecular flexibility index (Phi) is 4.56. The first-order valence-electron chi connectivity index (χ1n) is 9.54. The fraction of sp³-hybridized carbons (Fsp3) is 0.409. The zero-order valence-corrected chi connectivity index (χ0v) is 15.9. The van der Waals surface area contributed by atoms with Gasteiger partial charge in [-0.1, -0.05) is 30.3 Å². The lowest BCUT2D eigenvalue weighted by Gasteiger charge is -2.26. The van der Waals surface area contributed by atoms with Crippen LogP contribution in [0, 0.1) is 5.92 Å². The van der Waals surface area contributed by atoms with Gasteiger partial charge >= 0.3 is 0 Å². The SMILES string of the molecule is CN(C)c1ccc(C(N)CNC(=O)[C@@H]2C[C@]23CCOc2ccccc23)cc1. The van der Waals surface area contributed by atoms with Crippen LogP contribution in [0.1, 0.15) is 30.0 Å². The number of amides is 1. The van der Waals surface area contributed by atoms with Crippen LogP contribution in [-0.2, 0) is 10.2 Å². The average molecular weight is 365 g/mol. The van der Waals surface area contributed by atoms with Gasteiger partial charge in [0.1, 0.15) is 5.75 Å². The zero-order chi connectivity index (χ0) is 19.0. The van der Waals surface area contributed by atoms with Crippen molar-refractivity contribution in [2.45, 2.75) is 24.3 Å². The van der Waals surface area contributed by atoms with E-state index in [9.17, 15) is 4.79 Å². The van der Waals surface area contributed by atoms with Crippen molar-refractivity contribution < 1.29 is 9.53 Å². The summed E-state index contributed by atoms with van der Waals surface area (Å²) in [6.45, 7) is 1.13. The molecule has 2 aromatic carbocycles. The molecule has 2 aliphatic rings. The minimum atomic E-state index is -0.207. The zero-order valence-electron chi connectivity index (χ0n) is 15.9. The number of hydrogen-bond donors (Lipinski definition) is 2. The summed E-state index contributed by atoms with van der Waals surface area (Å²) in [4.78, 5) is 14.8.